The lowest BCUT2D eigenvalue weighted by atomic mass is 9.84. The molecule has 1 aromatic heterocycles. The Morgan fingerprint density at radius 1 is 0.380 bits per heavy atom. The van der Waals surface area contributed by atoms with Crippen LogP contribution in [0.5, 0.6) is 0 Å². The van der Waals surface area contributed by atoms with Gasteiger partial charge >= 0.3 is 0 Å². The maximum absolute atomic E-state index is 13.7. The zero-order valence-corrected chi connectivity index (χ0v) is 27.6. The summed E-state index contributed by atoms with van der Waals surface area (Å²) in [4.78, 5) is 0.551. The molecule has 10 aromatic rings. The summed E-state index contributed by atoms with van der Waals surface area (Å²) in [7, 11) is -3.71. The van der Waals surface area contributed by atoms with Crippen LogP contribution in [-0.4, -0.2) is 8.42 Å². The summed E-state index contributed by atoms with van der Waals surface area (Å²) in [5, 5.41) is 11.2. The fourth-order valence-corrected chi connectivity index (χ4v) is 9.22. The van der Waals surface area contributed by atoms with Crippen molar-refractivity contribution in [2.75, 3.05) is 0 Å². The quantitative estimate of drug-likeness (QED) is 0.177. The Labute approximate surface area is 288 Å². The number of furan rings is 1. The fraction of sp³-hybridized carbons (Fsp3) is 0. The van der Waals surface area contributed by atoms with E-state index in [4.69, 9.17) is 4.42 Å². The second kappa shape index (κ2) is 10.9. The first-order valence-electron chi connectivity index (χ1n) is 16.7. The van der Waals surface area contributed by atoms with Crippen molar-refractivity contribution in [2.45, 2.75) is 9.79 Å². The van der Waals surface area contributed by atoms with Crippen molar-refractivity contribution in [2.24, 2.45) is 0 Å². The highest BCUT2D eigenvalue weighted by molar-refractivity contribution is 7.91. The van der Waals surface area contributed by atoms with E-state index < -0.39 is 9.84 Å². The Bertz CT molecular complexity index is 3040. The van der Waals surface area contributed by atoms with Gasteiger partial charge in [0.2, 0.25) is 9.84 Å². The number of rotatable bonds is 4. The molecule has 0 saturated carbocycles. The highest BCUT2D eigenvalue weighted by Crippen LogP contribution is 2.48. The topological polar surface area (TPSA) is 47.3 Å². The van der Waals surface area contributed by atoms with Gasteiger partial charge < -0.3 is 4.42 Å². The van der Waals surface area contributed by atoms with Gasteiger partial charge in [-0.3, -0.25) is 0 Å². The maximum atomic E-state index is 13.7. The van der Waals surface area contributed by atoms with Crippen LogP contribution in [0.2, 0.25) is 0 Å². The van der Waals surface area contributed by atoms with Crippen molar-refractivity contribution in [3.63, 3.8) is 0 Å². The van der Waals surface area contributed by atoms with Crippen LogP contribution < -0.4 is 0 Å². The largest absolute Gasteiger partial charge is 0.456 e. The third kappa shape index (κ3) is 4.19. The Hall–Kier alpha value is -6.23. The van der Waals surface area contributed by atoms with E-state index >= 15 is 0 Å². The van der Waals surface area contributed by atoms with Crippen molar-refractivity contribution in [1.82, 2.24) is 0 Å². The van der Waals surface area contributed by atoms with E-state index in [1.807, 2.05) is 24.3 Å². The molecule has 0 aliphatic heterocycles. The molecule has 3 nitrogen and oxygen atoms in total. The Morgan fingerprint density at radius 3 is 1.62 bits per heavy atom. The number of hydrogen-bond acceptors (Lipinski definition) is 3. The number of benzene rings is 9. The highest BCUT2D eigenvalue weighted by atomic mass is 32.2. The number of hydrogen-bond donors (Lipinski definition) is 0. The standard InChI is InChI=1S/C46H28O3S/c47-50(48,31-15-2-1-3-16-31)32-17-12-14-30(27-32)43-36-21-8-10-23-38(36)44(39-24-11-9-22-37(39)43)40-28-42-46(35-20-7-6-19-34(35)40)45-33-18-5-4-13-29(33)25-26-41(45)49-42/h1-28H. The van der Waals surface area contributed by atoms with E-state index in [0.29, 0.717) is 0 Å². The molecular formula is C46H28O3S. The molecular weight excluding hydrogens is 633 g/mol. The predicted octanol–water partition coefficient (Wildman–Crippen LogP) is 12.4. The van der Waals surface area contributed by atoms with Crippen LogP contribution in [0.3, 0.4) is 0 Å². The molecule has 50 heavy (non-hydrogen) atoms. The molecule has 0 bridgehead atoms. The first kappa shape index (κ1) is 28.8. The molecule has 0 radical (unpaired) electrons. The molecule has 1 heterocycles. The van der Waals surface area contributed by atoms with Gasteiger partial charge in [-0.1, -0.05) is 133 Å². The highest BCUT2D eigenvalue weighted by Gasteiger charge is 2.23. The molecule has 236 valence electrons. The van der Waals surface area contributed by atoms with E-state index in [1.165, 1.54) is 10.8 Å². The molecule has 4 heteroatoms. The second-order valence-corrected chi connectivity index (χ2v) is 14.7. The molecule has 0 atom stereocenters. The van der Waals surface area contributed by atoms with Crippen molar-refractivity contribution >= 4 is 74.9 Å². The van der Waals surface area contributed by atoms with Crippen molar-refractivity contribution in [3.05, 3.63) is 170 Å². The predicted molar refractivity (Wildman–Crippen MR) is 207 cm³/mol. The monoisotopic (exact) mass is 660 g/mol. The van der Waals surface area contributed by atoms with Gasteiger partial charge in [0, 0.05) is 10.8 Å². The minimum atomic E-state index is -3.71. The van der Waals surface area contributed by atoms with Gasteiger partial charge in [-0.15, -0.1) is 0 Å². The van der Waals surface area contributed by atoms with Crippen molar-refractivity contribution < 1.29 is 12.8 Å². The van der Waals surface area contributed by atoms with Crippen molar-refractivity contribution in [1.29, 1.82) is 0 Å². The minimum absolute atomic E-state index is 0.271. The summed E-state index contributed by atoms with van der Waals surface area (Å²) < 4.78 is 34.2. The molecule has 10 rings (SSSR count). The third-order valence-corrected chi connectivity index (χ3v) is 11.8. The van der Waals surface area contributed by atoms with Gasteiger partial charge in [0.15, 0.2) is 0 Å². The van der Waals surface area contributed by atoms with Crippen LogP contribution in [-0.2, 0) is 9.84 Å². The SMILES string of the molecule is O=S(=O)(c1ccccc1)c1cccc(-c2c3ccccc3c(-c3cc4oc5ccc6ccccc6c5c4c4ccccc34)c3ccccc23)c1. The normalized spacial score (nSPS) is 12.2. The van der Waals surface area contributed by atoms with Gasteiger partial charge in [-0.2, -0.15) is 0 Å². The first-order valence-corrected chi connectivity index (χ1v) is 18.2. The van der Waals surface area contributed by atoms with Crippen LogP contribution in [0.4, 0.5) is 0 Å². The smallest absolute Gasteiger partial charge is 0.206 e. The van der Waals surface area contributed by atoms with E-state index in [2.05, 4.69) is 115 Å². The summed E-state index contributed by atoms with van der Waals surface area (Å²) in [5.41, 5.74) is 5.79. The number of fused-ring (bicyclic) bond motifs is 9. The average molecular weight is 661 g/mol. The van der Waals surface area contributed by atoms with E-state index in [1.54, 1.807) is 30.3 Å². The average Bonchev–Trinajstić information content (AvgIpc) is 3.56. The molecule has 0 aliphatic rings. The molecule has 0 unspecified atom stereocenters. The molecule has 0 aliphatic carbocycles. The Balaban J connectivity index is 1.29. The van der Waals surface area contributed by atoms with Gasteiger partial charge in [0.05, 0.1) is 9.79 Å². The molecule has 0 saturated heterocycles. The fourth-order valence-electron chi connectivity index (χ4n) is 7.89. The first-order chi connectivity index (χ1) is 24.6. The van der Waals surface area contributed by atoms with Crippen LogP contribution in [0.1, 0.15) is 0 Å². The van der Waals surface area contributed by atoms with Gasteiger partial charge in [0.1, 0.15) is 11.2 Å². The molecule has 0 N–H and O–H groups in total. The third-order valence-electron chi connectivity index (χ3n) is 10.1. The zero-order chi connectivity index (χ0) is 33.4. The van der Waals surface area contributed by atoms with Gasteiger partial charge in [0.25, 0.3) is 0 Å². The molecule has 9 aromatic carbocycles. The maximum Gasteiger partial charge on any atom is 0.206 e. The van der Waals surface area contributed by atoms with Gasteiger partial charge in [-0.25, -0.2) is 8.42 Å². The lowest BCUT2D eigenvalue weighted by Gasteiger charge is -2.19. The number of sulfone groups is 1. The van der Waals surface area contributed by atoms with E-state index in [9.17, 15) is 8.42 Å². The molecule has 0 spiro atoms. The Morgan fingerprint density at radius 2 is 0.920 bits per heavy atom. The van der Waals surface area contributed by atoms with Crippen LogP contribution in [0.25, 0.3) is 87.3 Å². The lowest BCUT2D eigenvalue weighted by Crippen LogP contribution is -2.02. The van der Waals surface area contributed by atoms with E-state index in [-0.39, 0.29) is 9.79 Å². The van der Waals surface area contributed by atoms with Crippen LogP contribution in [0.15, 0.2) is 184 Å². The summed E-state index contributed by atoms with van der Waals surface area (Å²) >= 11 is 0. The second-order valence-electron chi connectivity index (χ2n) is 12.8. The summed E-state index contributed by atoms with van der Waals surface area (Å²) in [6.07, 6.45) is 0. The summed E-state index contributed by atoms with van der Waals surface area (Å²) in [6.45, 7) is 0. The summed E-state index contributed by atoms with van der Waals surface area (Å²) in [6, 6.07) is 56.4. The van der Waals surface area contributed by atoms with Crippen LogP contribution in [0, 0.1) is 0 Å². The Kier molecular flexibility index (Phi) is 6.26. The van der Waals surface area contributed by atoms with E-state index in [0.717, 1.165) is 76.5 Å². The minimum Gasteiger partial charge on any atom is -0.456 e. The van der Waals surface area contributed by atoms with Crippen molar-refractivity contribution in [3.8, 4) is 22.3 Å². The van der Waals surface area contributed by atoms with Crippen LogP contribution >= 0.6 is 0 Å². The molecule has 0 amide bonds. The van der Waals surface area contributed by atoms with Gasteiger partial charge in [-0.05, 0) is 102 Å². The lowest BCUT2D eigenvalue weighted by molar-refractivity contribution is 0.596. The molecule has 0 fully saturated rings. The zero-order valence-electron chi connectivity index (χ0n) is 26.8. The summed E-state index contributed by atoms with van der Waals surface area (Å²) in [5.74, 6) is 0.